The number of amides is 1. The lowest BCUT2D eigenvalue weighted by Gasteiger charge is -2.23. The lowest BCUT2D eigenvalue weighted by atomic mass is 9.90. The third-order valence-electron chi connectivity index (χ3n) is 4.68. The van der Waals surface area contributed by atoms with Crippen LogP contribution in [0.5, 0.6) is 0 Å². The van der Waals surface area contributed by atoms with E-state index in [2.05, 4.69) is 29.6 Å². The van der Waals surface area contributed by atoms with Gasteiger partial charge in [0, 0.05) is 13.1 Å². The van der Waals surface area contributed by atoms with Gasteiger partial charge in [0.2, 0.25) is 5.91 Å². The van der Waals surface area contributed by atoms with E-state index in [1.54, 1.807) is 4.90 Å². The highest BCUT2D eigenvalue weighted by Crippen LogP contribution is 2.29. The molecule has 0 aromatic carbocycles. The van der Waals surface area contributed by atoms with Gasteiger partial charge in [-0.2, -0.15) is 5.26 Å². The van der Waals surface area contributed by atoms with Crippen LogP contribution in [0.2, 0.25) is 0 Å². The lowest BCUT2D eigenvalue weighted by molar-refractivity contribution is -0.133. The number of carbonyl (C=O) groups is 1. The minimum absolute atomic E-state index is 0.0965. The first-order valence-electron chi connectivity index (χ1n) is 7.58. The van der Waals surface area contributed by atoms with E-state index in [0.29, 0.717) is 5.92 Å². The van der Waals surface area contributed by atoms with Crippen molar-refractivity contribution in [2.24, 2.45) is 5.92 Å². The summed E-state index contributed by atoms with van der Waals surface area (Å²) < 4.78 is 0. The molecule has 0 radical (unpaired) electrons. The van der Waals surface area contributed by atoms with Gasteiger partial charge >= 0.3 is 0 Å². The normalized spacial score (nSPS) is 33.0. The summed E-state index contributed by atoms with van der Waals surface area (Å²) in [6, 6.07) is 1.95. The Hall–Kier alpha value is -1.60. The molecule has 2 fully saturated rings. The zero-order valence-electron chi connectivity index (χ0n) is 11.7. The van der Waals surface area contributed by atoms with Crippen molar-refractivity contribution in [3.05, 3.63) is 23.8 Å². The molecule has 4 nitrogen and oxygen atoms in total. The van der Waals surface area contributed by atoms with Crippen molar-refractivity contribution < 1.29 is 4.79 Å². The lowest BCUT2D eigenvalue weighted by Crippen LogP contribution is -2.45. The summed E-state index contributed by atoms with van der Waals surface area (Å²) in [4.78, 5) is 14.3. The Morgan fingerprint density at radius 2 is 2.40 bits per heavy atom. The Morgan fingerprint density at radius 3 is 3.15 bits per heavy atom. The number of carbonyl (C=O) groups excluding carboxylic acids is 1. The second-order valence-corrected chi connectivity index (χ2v) is 5.92. The van der Waals surface area contributed by atoms with E-state index in [1.807, 2.05) is 0 Å². The molecule has 2 aliphatic heterocycles. The smallest absolute Gasteiger partial charge is 0.240 e. The fourth-order valence-electron chi connectivity index (χ4n) is 3.53. The average molecular weight is 271 g/mol. The molecule has 0 spiro atoms. The van der Waals surface area contributed by atoms with Gasteiger partial charge in [-0.3, -0.25) is 4.79 Å². The van der Waals surface area contributed by atoms with E-state index < -0.39 is 0 Å². The van der Waals surface area contributed by atoms with Crippen molar-refractivity contribution in [1.29, 1.82) is 5.26 Å². The van der Waals surface area contributed by atoms with Gasteiger partial charge in [-0.15, -0.1) is 0 Å². The van der Waals surface area contributed by atoms with Crippen LogP contribution in [0, 0.1) is 17.2 Å². The minimum Gasteiger partial charge on any atom is -0.325 e. The zero-order valence-corrected chi connectivity index (χ0v) is 11.7. The van der Waals surface area contributed by atoms with Crippen molar-refractivity contribution in [3.8, 4) is 6.07 Å². The predicted octanol–water partition coefficient (Wildman–Crippen LogP) is 1.76. The first-order chi connectivity index (χ1) is 9.79. The Balaban J connectivity index is 1.62. The second-order valence-electron chi connectivity index (χ2n) is 5.92. The van der Waals surface area contributed by atoms with Gasteiger partial charge in [-0.1, -0.05) is 23.8 Å². The molecular weight excluding hydrogens is 250 g/mol. The first-order valence-corrected chi connectivity index (χ1v) is 7.58. The molecule has 1 amide bonds. The van der Waals surface area contributed by atoms with Crippen LogP contribution in [0.15, 0.2) is 23.8 Å². The van der Waals surface area contributed by atoms with Crippen LogP contribution in [0.3, 0.4) is 0 Å². The van der Waals surface area contributed by atoms with Gasteiger partial charge in [-0.25, -0.2) is 0 Å². The van der Waals surface area contributed by atoms with Crippen molar-refractivity contribution in [3.63, 3.8) is 0 Å². The molecule has 2 saturated heterocycles. The minimum atomic E-state index is -0.208. The van der Waals surface area contributed by atoms with Gasteiger partial charge in [0.15, 0.2) is 0 Å². The number of hydrogen-bond donors (Lipinski definition) is 1. The molecule has 3 atom stereocenters. The average Bonchev–Trinajstić information content (AvgIpc) is 3.16. The predicted molar refractivity (Wildman–Crippen MR) is 76.7 cm³/mol. The number of rotatable bonds is 2. The highest BCUT2D eigenvalue weighted by atomic mass is 16.2. The fraction of sp³-hybridized carbons (Fsp3) is 0.625. The zero-order chi connectivity index (χ0) is 13.9. The van der Waals surface area contributed by atoms with E-state index in [-0.39, 0.29) is 18.0 Å². The van der Waals surface area contributed by atoms with Crippen molar-refractivity contribution in [2.45, 2.75) is 44.2 Å². The molecule has 20 heavy (non-hydrogen) atoms. The number of likely N-dealkylation sites (tertiary alicyclic amines) is 1. The molecular formula is C16H21N3O. The maximum atomic E-state index is 12.5. The molecule has 0 aromatic heterocycles. The maximum absolute atomic E-state index is 12.5. The number of allylic oxidation sites excluding steroid dienone is 3. The third-order valence-corrected chi connectivity index (χ3v) is 4.68. The largest absolute Gasteiger partial charge is 0.325 e. The Kier molecular flexibility index (Phi) is 3.88. The number of nitrogens with zero attached hydrogens (tertiary/aromatic N) is 2. The Labute approximate surface area is 120 Å². The molecule has 0 bridgehead atoms. The molecule has 4 heteroatoms. The van der Waals surface area contributed by atoms with Crippen molar-refractivity contribution >= 4 is 5.91 Å². The topological polar surface area (TPSA) is 56.1 Å². The van der Waals surface area contributed by atoms with E-state index in [9.17, 15) is 4.79 Å². The number of nitrogens with one attached hydrogen (secondary N) is 1. The van der Waals surface area contributed by atoms with Gasteiger partial charge in [0.1, 0.15) is 6.04 Å². The SMILES string of the molecule is N#C[C@@H]1CCCN1C(=O)[C@@H]1C[C@@H](C2=CC=CCC2)CN1. The second kappa shape index (κ2) is 5.80. The quantitative estimate of drug-likeness (QED) is 0.832. The molecule has 2 heterocycles. The third kappa shape index (κ3) is 2.51. The Bertz CT molecular complexity index is 488. The maximum Gasteiger partial charge on any atom is 0.240 e. The number of hydrogen-bond acceptors (Lipinski definition) is 3. The van der Waals surface area contributed by atoms with Crippen LogP contribution < -0.4 is 5.32 Å². The van der Waals surface area contributed by atoms with Crippen molar-refractivity contribution in [1.82, 2.24) is 10.2 Å². The van der Waals surface area contributed by atoms with Crippen LogP contribution in [-0.2, 0) is 4.79 Å². The molecule has 1 aliphatic carbocycles. The van der Waals surface area contributed by atoms with Crippen LogP contribution in [0.25, 0.3) is 0 Å². The van der Waals surface area contributed by atoms with E-state index in [1.165, 1.54) is 5.57 Å². The van der Waals surface area contributed by atoms with Gasteiger partial charge in [0.05, 0.1) is 12.1 Å². The summed E-state index contributed by atoms with van der Waals surface area (Å²) >= 11 is 0. The Morgan fingerprint density at radius 1 is 1.50 bits per heavy atom. The standard InChI is InChI=1S/C16H21N3O/c17-10-14-7-4-8-19(14)16(20)15-9-13(11-18-15)12-5-2-1-3-6-12/h1-2,5,13-15,18H,3-4,6-9,11H2/t13-,14+,15+/m1/s1. The summed E-state index contributed by atoms with van der Waals surface area (Å²) in [5, 5.41) is 12.5. The molecule has 0 aromatic rings. The highest BCUT2D eigenvalue weighted by molar-refractivity contribution is 5.83. The summed E-state index contributed by atoms with van der Waals surface area (Å²) in [5.74, 6) is 0.612. The monoisotopic (exact) mass is 271 g/mol. The van der Waals surface area contributed by atoms with E-state index >= 15 is 0 Å². The van der Waals surface area contributed by atoms with E-state index in [0.717, 1.165) is 45.2 Å². The number of nitriles is 1. The van der Waals surface area contributed by atoms with Crippen LogP contribution in [-0.4, -0.2) is 36.0 Å². The molecule has 106 valence electrons. The molecule has 3 rings (SSSR count). The van der Waals surface area contributed by atoms with E-state index in [4.69, 9.17) is 5.26 Å². The van der Waals surface area contributed by atoms with Crippen LogP contribution >= 0.6 is 0 Å². The fourth-order valence-corrected chi connectivity index (χ4v) is 3.53. The molecule has 3 aliphatic rings. The molecule has 0 saturated carbocycles. The highest BCUT2D eigenvalue weighted by Gasteiger charge is 2.37. The van der Waals surface area contributed by atoms with Crippen LogP contribution in [0.4, 0.5) is 0 Å². The van der Waals surface area contributed by atoms with Gasteiger partial charge in [-0.05, 0) is 38.0 Å². The van der Waals surface area contributed by atoms with Gasteiger partial charge < -0.3 is 10.2 Å². The summed E-state index contributed by atoms with van der Waals surface area (Å²) in [6.07, 6.45) is 11.4. The first kappa shape index (κ1) is 13.4. The molecule has 0 unspecified atom stereocenters. The summed E-state index contributed by atoms with van der Waals surface area (Å²) in [5.41, 5.74) is 1.47. The van der Waals surface area contributed by atoms with Crippen molar-refractivity contribution in [2.75, 3.05) is 13.1 Å². The van der Waals surface area contributed by atoms with Gasteiger partial charge in [0.25, 0.3) is 0 Å². The summed E-state index contributed by atoms with van der Waals surface area (Å²) in [7, 11) is 0. The van der Waals surface area contributed by atoms with Crippen LogP contribution in [0.1, 0.15) is 32.1 Å². The molecule has 1 N–H and O–H groups in total. The summed E-state index contributed by atoms with van der Waals surface area (Å²) in [6.45, 7) is 1.63.